The molecule has 0 amide bonds. The van der Waals surface area contributed by atoms with Crippen LogP contribution in [0.1, 0.15) is 51.8 Å². The second kappa shape index (κ2) is 7.35. The van der Waals surface area contributed by atoms with Crippen molar-refractivity contribution in [3.63, 3.8) is 0 Å². The molecular weight excluding hydrogens is 250 g/mol. The van der Waals surface area contributed by atoms with E-state index in [2.05, 4.69) is 71.2 Å². The van der Waals surface area contributed by atoms with E-state index in [9.17, 15) is 0 Å². The van der Waals surface area contributed by atoms with Gasteiger partial charge in [0.05, 0.1) is 0 Å². The van der Waals surface area contributed by atoms with Gasteiger partial charge in [-0.1, -0.05) is 58.9 Å². The molecule has 108 valence electrons. The molecule has 1 nitrogen and oxygen atoms in total. The Kier molecular flexibility index (Phi) is 6.41. The minimum atomic E-state index is 0.236. The lowest BCUT2D eigenvalue weighted by Crippen LogP contribution is -2.19. The van der Waals surface area contributed by atoms with E-state index < -0.39 is 0 Å². The average molecular weight is 279 g/mol. The van der Waals surface area contributed by atoms with Gasteiger partial charge in [-0.25, -0.2) is 0 Å². The van der Waals surface area contributed by atoms with Crippen LogP contribution < -0.4 is 5.32 Å². The zero-order valence-electron chi connectivity index (χ0n) is 13.3. The monoisotopic (exact) mass is 279 g/mol. The summed E-state index contributed by atoms with van der Waals surface area (Å²) in [6.45, 7) is 11.3. The summed E-state index contributed by atoms with van der Waals surface area (Å²) < 4.78 is 0. The summed E-state index contributed by atoms with van der Waals surface area (Å²) >= 11 is 2.04. The van der Waals surface area contributed by atoms with Crippen LogP contribution in [0.15, 0.2) is 24.3 Å². The van der Waals surface area contributed by atoms with E-state index in [0.29, 0.717) is 6.04 Å². The third-order valence-electron chi connectivity index (χ3n) is 3.26. The smallest absolute Gasteiger partial charge is 0.0409 e. The van der Waals surface area contributed by atoms with Gasteiger partial charge >= 0.3 is 0 Å². The summed E-state index contributed by atoms with van der Waals surface area (Å²) in [5.74, 6) is 3.15. The molecule has 1 unspecified atom stereocenters. The van der Waals surface area contributed by atoms with Crippen LogP contribution in [-0.2, 0) is 5.41 Å². The summed E-state index contributed by atoms with van der Waals surface area (Å²) in [5, 5.41) is 3.43. The Morgan fingerprint density at radius 2 is 1.63 bits per heavy atom. The lowest BCUT2D eigenvalue weighted by molar-refractivity contribution is 0.588. The third kappa shape index (κ3) is 5.58. The zero-order chi connectivity index (χ0) is 14.5. The van der Waals surface area contributed by atoms with Crippen molar-refractivity contribution >= 4 is 11.8 Å². The molecule has 0 bridgehead atoms. The molecule has 1 N–H and O–H groups in total. The molecule has 0 fully saturated rings. The van der Waals surface area contributed by atoms with Gasteiger partial charge in [-0.3, -0.25) is 0 Å². The number of hydrogen-bond acceptors (Lipinski definition) is 2. The first-order chi connectivity index (χ1) is 8.84. The summed E-state index contributed by atoms with van der Waals surface area (Å²) in [6, 6.07) is 9.55. The minimum Gasteiger partial charge on any atom is -0.312 e. The van der Waals surface area contributed by atoms with Gasteiger partial charge in [0, 0.05) is 11.8 Å². The van der Waals surface area contributed by atoms with Crippen LogP contribution in [0.5, 0.6) is 0 Å². The Morgan fingerprint density at radius 3 is 2.05 bits per heavy atom. The van der Waals surface area contributed by atoms with Gasteiger partial charge in [0.25, 0.3) is 0 Å². The standard InChI is InChI=1S/C17H29NS/c1-13(2)11-19-12-16(18-6)14-7-9-15(10-8-14)17(3,4)5/h7-10,13,16,18H,11-12H2,1-6H3. The predicted octanol–water partition coefficient (Wildman–Crippen LogP) is 4.63. The van der Waals surface area contributed by atoms with Crippen molar-refractivity contribution in [3.05, 3.63) is 35.4 Å². The van der Waals surface area contributed by atoms with Crippen molar-refractivity contribution in [2.75, 3.05) is 18.6 Å². The second-order valence-electron chi connectivity index (χ2n) is 6.64. The fourth-order valence-corrected chi connectivity index (χ4v) is 3.19. The number of hydrogen-bond donors (Lipinski definition) is 1. The summed E-state index contributed by atoms with van der Waals surface area (Å²) in [4.78, 5) is 0. The van der Waals surface area contributed by atoms with Gasteiger partial charge in [-0.2, -0.15) is 11.8 Å². The Labute approximate surface area is 123 Å². The molecular formula is C17H29NS. The quantitative estimate of drug-likeness (QED) is 0.814. The second-order valence-corrected chi connectivity index (χ2v) is 7.72. The van der Waals surface area contributed by atoms with E-state index >= 15 is 0 Å². The highest BCUT2D eigenvalue weighted by molar-refractivity contribution is 7.99. The Bertz CT molecular complexity index is 362. The van der Waals surface area contributed by atoms with Gasteiger partial charge in [0.1, 0.15) is 0 Å². The van der Waals surface area contributed by atoms with E-state index in [-0.39, 0.29) is 5.41 Å². The molecule has 0 radical (unpaired) electrons. The van der Waals surface area contributed by atoms with Crippen LogP contribution >= 0.6 is 11.8 Å². The SMILES string of the molecule is CNC(CSCC(C)C)c1ccc(C(C)(C)C)cc1. The van der Waals surface area contributed by atoms with Crippen LogP contribution in [0.3, 0.4) is 0 Å². The maximum absolute atomic E-state index is 3.43. The molecule has 2 heteroatoms. The highest BCUT2D eigenvalue weighted by Crippen LogP contribution is 2.25. The average Bonchev–Trinajstić information content (AvgIpc) is 2.33. The van der Waals surface area contributed by atoms with E-state index in [1.165, 1.54) is 16.9 Å². The molecule has 19 heavy (non-hydrogen) atoms. The highest BCUT2D eigenvalue weighted by atomic mass is 32.2. The van der Waals surface area contributed by atoms with Crippen LogP contribution in [0.25, 0.3) is 0 Å². The first kappa shape index (κ1) is 16.6. The van der Waals surface area contributed by atoms with Crippen LogP contribution in [-0.4, -0.2) is 18.6 Å². The van der Waals surface area contributed by atoms with Crippen molar-refractivity contribution in [1.82, 2.24) is 5.32 Å². The van der Waals surface area contributed by atoms with Gasteiger partial charge in [0.15, 0.2) is 0 Å². The van der Waals surface area contributed by atoms with Gasteiger partial charge in [0.2, 0.25) is 0 Å². The maximum Gasteiger partial charge on any atom is 0.0409 e. The van der Waals surface area contributed by atoms with Crippen molar-refractivity contribution in [2.24, 2.45) is 5.92 Å². The number of benzene rings is 1. The number of thioether (sulfide) groups is 1. The molecule has 0 aliphatic rings. The van der Waals surface area contributed by atoms with Crippen molar-refractivity contribution in [3.8, 4) is 0 Å². The molecule has 1 rings (SSSR count). The summed E-state index contributed by atoms with van der Waals surface area (Å²) in [6.07, 6.45) is 0. The van der Waals surface area contributed by atoms with Crippen molar-refractivity contribution in [2.45, 2.75) is 46.1 Å². The molecule has 0 spiro atoms. The minimum absolute atomic E-state index is 0.236. The van der Waals surface area contributed by atoms with E-state index in [0.717, 1.165) is 11.7 Å². The zero-order valence-corrected chi connectivity index (χ0v) is 14.1. The summed E-state index contributed by atoms with van der Waals surface area (Å²) in [5.41, 5.74) is 3.03. The van der Waals surface area contributed by atoms with E-state index in [1.54, 1.807) is 0 Å². The Balaban J connectivity index is 2.66. The normalized spacial score (nSPS) is 13.8. The molecule has 0 aliphatic carbocycles. The molecule has 0 saturated heterocycles. The van der Waals surface area contributed by atoms with Crippen LogP contribution in [0, 0.1) is 5.92 Å². The predicted molar refractivity (Wildman–Crippen MR) is 89.1 cm³/mol. The third-order valence-corrected chi connectivity index (χ3v) is 4.73. The first-order valence-electron chi connectivity index (χ1n) is 7.20. The molecule has 1 aromatic rings. The highest BCUT2D eigenvalue weighted by Gasteiger charge is 2.15. The molecule has 0 saturated carbocycles. The van der Waals surface area contributed by atoms with Crippen molar-refractivity contribution < 1.29 is 0 Å². The van der Waals surface area contributed by atoms with Crippen molar-refractivity contribution in [1.29, 1.82) is 0 Å². The Hall–Kier alpha value is -0.470. The van der Waals surface area contributed by atoms with Crippen LogP contribution in [0.4, 0.5) is 0 Å². The fraction of sp³-hybridized carbons (Fsp3) is 0.647. The molecule has 0 heterocycles. The molecule has 1 atom stereocenters. The largest absolute Gasteiger partial charge is 0.312 e. The first-order valence-corrected chi connectivity index (χ1v) is 8.35. The van der Waals surface area contributed by atoms with Gasteiger partial charge in [-0.15, -0.1) is 0 Å². The molecule has 0 aromatic heterocycles. The Morgan fingerprint density at radius 1 is 1.05 bits per heavy atom. The van der Waals surface area contributed by atoms with Gasteiger partial charge in [-0.05, 0) is 35.3 Å². The lowest BCUT2D eigenvalue weighted by atomic mass is 9.86. The van der Waals surface area contributed by atoms with Gasteiger partial charge < -0.3 is 5.32 Å². The fourth-order valence-electron chi connectivity index (χ4n) is 1.98. The lowest BCUT2D eigenvalue weighted by Gasteiger charge is -2.21. The van der Waals surface area contributed by atoms with E-state index in [1.807, 2.05) is 11.8 Å². The topological polar surface area (TPSA) is 12.0 Å². The van der Waals surface area contributed by atoms with E-state index in [4.69, 9.17) is 0 Å². The number of rotatable bonds is 6. The summed E-state index contributed by atoms with van der Waals surface area (Å²) in [7, 11) is 2.05. The number of nitrogens with one attached hydrogen (secondary N) is 1. The maximum atomic E-state index is 3.43. The van der Waals surface area contributed by atoms with Crippen LogP contribution in [0.2, 0.25) is 0 Å². The molecule has 1 aromatic carbocycles. The molecule has 0 aliphatic heterocycles.